The highest BCUT2D eigenvalue weighted by molar-refractivity contribution is 5.79. The summed E-state index contributed by atoms with van der Waals surface area (Å²) in [5.41, 5.74) is 0. The van der Waals surface area contributed by atoms with Crippen LogP contribution in [0.25, 0.3) is 0 Å². The lowest BCUT2D eigenvalue weighted by Gasteiger charge is -2.24. The maximum atomic E-state index is 4.77. The Morgan fingerprint density at radius 3 is 2.85 bits per heavy atom. The molecule has 2 heterocycles. The Labute approximate surface area is 158 Å². The summed E-state index contributed by atoms with van der Waals surface area (Å²) in [6, 6.07) is 0.446. The predicted octanol–water partition coefficient (Wildman–Crippen LogP) is 3.42. The van der Waals surface area contributed by atoms with E-state index in [2.05, 4.69) is 39.2 Å². The fourth-order valence-electron chi connectivity index (χ4n) is 4.22. The van der Waals surface area contributed by atoms with E-state index >= 15 is 0 Å². The summed E-state index contributed by atoms with van der Waals surface area (Å²) in [4.78, 5) is 4.77. The molecule has 2 N–H and O–H groups in total. The summed E-state index contributed by atoms with van der Waals surface area (Å²) in [5, 5.41) is 15.6. The number of guanidine groups is 1. The number of aliphatic imine (C=N–C) groups is 1. The zero-order valence-corrected chi connectivity index (χ0v) is 16.6. The minimum absolute atomic E-state index is 0.446. The summed E-state index contributed by atoms with van der Waals surface area (Å²) in [6.45, 7) is 6.89. The van der Waals surface area contributed by atoms with Gasteiger partial charge in [0.2, 0.25) is 0 Å². The largest absolute Gasteiger partial charge is 0.357 e. The number of aromatic nitrogens is 3. The van der Waals surface area contributed by atoms with Gasteiger partial charge in [-0.05, 0) is 45.4 Å². The van der Waals surface area contributed by atoms with E-state index in [4.69, 9.17) is 4.99 Å². The number of hydrogen-bond acceptors (Lipinski definition) is 3. The highest BCUT2D eigenvalue weighted by Gasteiger charge is 2.17. The van der Waals surface area contributed by atoms with Gasteiger partial charge in [0.25, 0.3) is 0 Å². The highest BCUT2D eigenvalue weighted by atomic mass is 15.3. The molecular formula is C20H36N6. The van der Waals surface area contributed by atoms with Crippen molar-refractivity contribution in [2.45, 2.75) is 97.2 Å². The fourth-order valence-corrected chi connectivity index (χ4v) is 4.22. The van der Waals surface area contributed by atoms with E-state index in [-0.39, 0.29) is 0 Å². The minimum Gasteiger partial charge on any atom is -0.357 e. The molecule has 0 amide bonds. The molecule has 0 bridgehead atoms. The molecular weight excluding hydrogens is 324 g/mol. The van der Waals surface area contributed by atoms with Gasteiger partial charge in [0.05, 0.1) is 0 Å². The smallest absolute Gasteiger partial charge is 0.191 e. The second-order valence-corrected chi connectivity index (χ2v) is 7.96. The van der Waals surface area contributed by atoms with Crippen LogP contribution >= 0.6 is 0 Å². The van der Waals surface area contributed by atoms with Crippen LogP contribution in [-0.4, -0.2) is 33.3 Å². The van der Waals surface area contributed by atoms with E-state index in [0.29, 0.717) is 12.6 Å². The van der Waals surface area contributed by atoms with Crippen LogP contribution in [0.3, 0.4) is 0 Å². The number of nitrogens with one attached hydrogen (secondary N) is 2. The lowest BCUT2D eigenvalue weighted by Crippen LogP contribution is -2.42. The van der Waals surface area contributed by atoms with Crippen LogP contribution in [0.4, 0.5) is 0 Å². The van der Waals surface area contributed by atoms with Crippen molar-refractivity contribution >= 4 is 5.96 Å². The maximum absolute atomic E-state index is 4.77. The van der Waals surface area contributed by atoms with E-state index in [1.54, 1.807) is 0 Å². The van der Waals surface area contributed by atoms with Crippen molar-refractivity contribution < 1.29 is 0 Å². The van der Waals surface area contributed by atoms with Gasteiger partial charge in [0, 0.05) is 25.6 Å². The van der Waals surface area contributed by atoms with Crippen molar-refractivity contribution in [3.63, 3.8) is 0 Å². The average Bonchev–Trinajstić information content (AvgIpc) is 3.09. The molecule has 1 aromatic heterocycles. The van der Waals surface area contributed by atoms with E-state index in [9.17, 15) is 0 Å². The first-order valence-corrected chi connectivity index (χ1v) is 10.7. The van der Waals surface area contributed by atoms with Crippen molar-refractivity contribution in [2.75, 3.05) is 6.54 Å². The Kier molecular flexibility index (Phi) is 7.32. The van der Waals surface area contributed by atoms with E-state index in [1.807, 2.05) is 0 Å². The Morgan fingerprint density at radius 1 is 1.19 bits per heavy atom. The Bertz CT molecular complexity index is 573. The Balaban J connectivity index is 1.50. The van der Waals surface area contributed by atoms with Gasteiger partial charge < -0.3 is 15.2 Å². The molecule has 1 fully saturated rings. The van der Waals surface area contributed by atoms with Crippen molar-refractivity contribution in [3.05, 3.63) is 11.6 Å². The fraction of sp³-hybridized carbons (Fsp3) is 0.850. The first-order chi connectivity index (χ1) is 12.8. The van der Waals surface area contributed by atoms with Crippen molar-refractivity contribution in [1.82, 2.24) is 25.4 Å². The zero-order valence-electron chi connectivity index (χ0n) is 16.6. The summed E-state index contributed by atoms with van der Waals surface area (Å²) in [5.74, 6) is 3.96. The minimum atomic E-state index is 0.446. The molecule has 6 heteroatoms. The topological polar surface area (TPSA) is 67.1 Å². The summed E-state index contributed by atoms with van der Waals surface area (Å²) >= 11 is 0. The van der Waals surface area contributed by atoms with E-state index in [0.717, 1.165) is 43.0 Å². The third-order valence-electron chi connectivity index (χ3n) is 5.77. The van der Waals surface area contributed by atoms with Crippen molar-refractivity contribution in [3.8, 4) is 0 Å². The summed E-state index contributed by atoms with van der Waals surface area (Å²) in [6.07, 6.45) is 13.2. The van der Waals surface area contributed by atoms with Crippen LogP contribution in [0.15, 0.2) is 4.99 Å². The molecule has 1 unspecified atom stereocenters. The molecule has 0 aromatic carbocycles. The second-order valence-electron chi connectivity index (χ2n) is 7.96. The molecule has 1 aliphatic heterocycles. The SMILES string of the molecule is CCNC(=NCc1nnc2n1CCCC2)NC(C)CCC1CCCCC1. The quantitative estimate of drug-likeness (QED) is 0.577. The predicted molar refractivity (Wildman–Crippen MR) is 106 cm³/mol. The molecule has 2 aliphatic rings. The number of fused-ring (bicyclic) bond motifs is 1. The van der Waals surface area contributed by atoms with Gasteiger partial charge in [-0.25, -0.2) is 4.99 Å². The average molecular weight is 361 g/mol. The van der Waals surface area contributed by atoms with Crippen LogP contribution in [0.2, 0.25) is 0 Å². The van der Waals surface area contributed by atoms with Crippen LogP contribution in [-0.2, 0) is 19.5 Å². The molecule has 146 valence electrons. The van der Waals surface area contributed by atoms with Crippen LogP contribution in [0.5, 0.6) is 0 Å². The monoisotopic (exact) mass is 360 g/mol. The molecule has 3 rings (SSSR count). The Morgan fingerprint density at radius 2 is 2.04 bits per heavy atom. The summed E-state index contributed by atoms with van der Waals surface area (Å²) < 4.78 is 2.25. The molecule has 6 nitrogen and oxygen atoms in total. The maximum Gasteiger partial charge on any atom is 0.191 e. The van der Waals surface area contributed by atoms with Crippen LogP contribution < -0.4 is 10.6 Å². The molecule has 1 atom stereocenters. The summed E-state index contributed by atoms with van der Waals surface area (Å²) in [7, 11) is 0. The number of nitrogens with zero attached hydrogens (tertiary/aromatic N) is 4. The van der Waals surface area contributed by atoms with Gasteiger partial charge in [0.1, 0.15) is 12.4 Å². The third kappa shape index (κ3) is 5.45. The van der Waals surface area contributed by atoms with Gasteiger partial charge in [-0.2, -0.15) is 0 Å². The molecule has 26 heavy (non-hydrogen) atoms. The van der Waals surface area contributed by atoms with Gasteiger partial charge in [-0.1, -0.05) is 32.1 Å². The first kappa shape index (κ1) is 19.2. The second kappa shape index (κ2) is 9.93. The van der Waals surface area contributed by atoms with Gasteiger partial charge in [-0.3, -0.25) is 0 Å². The molecule has 0 spiro atoms. The molecule has 0 saturated heterocycles. The number of rotatable bonds is 7. The lowest BCUT2D eigenvalue weighted by molar-refractivity contribution is 0.322. The van der Waals surface area contributed by atoms with Crippen LogP contribution in [0, 0.1) is 5.92 Å². The molecule has 1 aliphatic carbocycles. The zero-order chi connectivity index (χ0) is 18.2. The van der Waals surface area contributed by atoms with Crippen molar-refractivity contribution in [2.24, 2.45) is 10.9 Å². The lowest BCUT2D eigenvalue weighted by atomic mass is 9.85. The van der Waals surface area contributed by atoms with Crippen molar-refractivity contribution in [1.29, 1.82) is 0 Å². The normalized spacial score (nSPS) is 19.8. The molecule has 1 aromatic rings. The number of aryl methyl sites for hydroxylation is 1. The third-order valence-corrected chi connectivity index (χ3v) is 5.77. The van der Waals surface area contributed by atoms with Gasteiger partial charge in [-0.15, -0.1) is 10.2 Å². The van der Waals surface area contributed by atoms with Crippen LogP contribution in [0.1, 0.15) is 83.3 Å². The van der Waals surface area contributed by atoms with Gasteiger partial charge in [0.15, 0.2) is 11.8 Å². The van der Waals surface area contributed by atoms with E-state index < -0.39 is 0 Å². The standard InChI is InChI=1S/C20H36N6/c1-3-21-20(23-16(2)12-13-17-9-5-4-6-10-17)22-15-19-25-24-18-11-7-8-14-26(18)19/h16-17H,3-15H2,1-2H3,(H2,21,22,23). The van der Waals surface area contributed by atoms with E-state index in [1.165, 1.54) is 57.8 Å². The molecule has 0 radical (unpaired) electrons. The highest BCUT2D eigenvalue weighted by Crippen LogP contribution is 2.27. The Hall–Kier alpha value is -1.59. The molecule has 1 saturated carbocycles. The van der Waals surface area contributed by atoms with Gasteiger partial charge >= 0.3 is 0 Å². The number of hydrogen-bond donors (Lipinski definition) is 2. The first-order valence-electron chi connectivity index (χ1n) is 10.7.